The summed E-state index contributed by atoms with van der Waals surface area (Å²) in [5.41, 5.74) is 3.41. The molecule has 7 heteroatoms. The van der Waals surface area contributed by atoms with Crippen LogP contribution in [0, 0.1) is 6.92 Å². The van der Waals surface area contributed by atoms with E-state index in [0.717, 1.165) is 54.5 Å². The molecule has 1 aliphatic heterocycles. The van der Waals surface area contributed by atoms with Crippen LogP contribution in [0.25, 0.3) is 11.3 Å². The molecule has 146 valence electrons. The van der Waals surface area contributed by atoms with Gasteiger partial charge >= 0.3 is 0 Å². The Balaban J connectivity index is 1.32. The van der Waals surface area contributed by atoms with E-state index in [1.165, 1.54) is 0 Å². The second-order valence-corrected chi connectivity index (χ2v) is 7.24. The van der Waals surface area contributed by atoms with Crippen LogP contribution in [0.4, 0.5) is 0 Å². The van der Waals surface area contributed by atoms with Crippen LogP contribution in [0.2, 0.25) is 0 Å². The van der Waals surface area contributed by atoms with E-state index in [1.807, 2.05) is 43.5 Å². The van der Waals surface area contributed by atoms with Crippen LogP contribution in [0.3, 0.4) is 0 Å². The molecule has 1 aromatic carbocycles. The molecule has 4 rings (SSSR count). The van der Waals surface area contributed by atoms with Crippen LogP contribution in [-0.2, 0) is 6.42 Å². The second kappa shape index (κ2) is 8.39. The fourth-order valence-electron chi connectivity index (χ4n) is 3.63. The molecule has 3 heterocycles. The number of H-pyrrole nitrogens is 2. The maximum absolute atomic E-state index is 12.5. The summed E-state index contributed by atoms with van der Waals surface area (Å²) in [6.45, 7) is 4.42. The molecular weight excluding hydrogens is 352 g/mol. The topological polar surface area (TPSA) is 98.5 Å². The quantitative estimate of drug-likeness (QED) is 0.530. The number of carbonyl (C=O) groups excluding carboxylic acids is 1. The predicted molar refractivity (Wildman–Crippen MR) is 108 cm³/mol. The van der Waals surface area contributed by atoms with E-state index in [-0.39, 0.29) is 5.91 Å². The van der Waals surface area contributed by atoms with Crippen molar-refractivity contribution in [3.8, 4) is 11.3 Å². The smallest absolute Gasteiger partial charge is 0.271 e. The van der Waals surface area contributed by atoms with Gasteiger partial charge in [0.15, 0.2) is 0 Å². The summed E-state index contributed by atoms with van der Waals surface area (Å²) in [6, 6.07) is 10.1. The Morgan fingerprint density at radius 1 is 1.18 bits per heavy atom. The van der Waals surface area contributed by atoms with E-state index in [2.05, 4.69) is 30.6 Å². The van der Waals surface area contributed by atoms with Gasteiger partial charge in [0.1, 0.15) is 17.3 Å². The van der Waals surface area contributed by atoms with Crippen LogP contribution in [0.1, 0.15) is 46.6 Å². The van der Waals surface area contributed by atoms with E-state index < -0.39 is 0 Å². The first-order valence-electron chi connectivity index (χ1n) is 9.85. The highest BCUT2D eigenvalue weighted by Gasteiger charge is 2.22. The fourth-order valence-corrected chi connectivity index (χ4v) is 3.63. The Kier molecular flexibility index (Phi) is 5.53. The van der Waals surface area contributed by atoms with Crippen LogP contribution in [0.15, 0.2) is 36.5 Å². The van der Waals surface area contributed by atoms with Crippen molar-refractivity contribution in [2.45, 2.75) is 32.1 Å². The number of piperidine rings is 1. The van der Waals surface area contributed by atoms with Crippen molar-refractivity contribution < 1.29 is 4.79 Å². The van der Waals surface area contributed by atoms with E-state index in [9.17, 15) is 4.79 Å². The van der Waals surface area contributed by atoms with Gasteiger partial charge in [0, 0.05) is 24.6 Å². The van der Waals surface area contributed by atoms with Gasteiger partial charge in [0.05, 0.1) is 11.9 Å². The van der Waals surface area contributed by atoms with Gasteiger partial charge in [-0.25, -0.2) is 9.97 Å². The third-order valence-electron chi connectivity index (χ3n) is 5.20. The Labute approximate surface area is 164 Å². The standard InChI is InChI=1S/C21H26N6O/c1-14-19(27-20(25-14)16-7-10-22-11-8-16)21(28)23-12-9-18-24-13-17(26-18)15-5-3-2-4-6-15/h2-6,13,16,22H,7-12H2,1H3,(H,23,28)(H,24,26)(H,25,27). The van der Waals surface area contributed by atoms with Gasteiger partial charge in [0.25, 0.3) is 5.91 Å². The van der Waals surface area contributed by atoms with E-state index in [4.69, 9.17) is 0 Å². The largest absolute Gasteiger partial charge is 0.350 e. The highest BCUT2D eigenvalue weighted by molar-refractivity contribution is 5.93. The first-order chi connectivity index (χ1) is 13.7. The summed E-state index contributed by atoms with van der Waals surface area (Å²) < 4.78 is 0. The van der Waals surface area contributed by atoms with Gasteiger partial charge in [-0.1, -0.05) is 30.3 Å². The number of nitrogens with zero attached hydrogens (tertiary/aromatic N) is 2. The highest BCUT2D eigenvalue weighted by atomic mass is 16.1. The van der Waals surface area contributed by atoms with E-state index >= 15 is 0 Å². The molecule has 4 N–H and O–H groups in total. The lowest BCUT2D eigenvalue weighted by atomic mass is 9.98. The monoisotopic (exact) mass is 378 g/mol. The first-order valence-corrected chi connectivity index (χ1v) is 9.85. The van der Waals surface area contributed by atoms with Gasteiger partial charge in [-0.2, -0.15) is 0 Å². The van der Waals surface area contributed by atoms with Gasteiger partial charge in [-0.05, 0) is 38.4 Å². The molecule has 0 spiro atoms. The molecule has 7 nitrogen and oxygen atoms in total. The Morgan fingerprint density at radius 3 is 2.75 bits per heavy atom. The van der Waals surface area contributed by atoms with Gasteiger partial charge in [0.2, 0.25) is 0 Å². The molecule has 0 bridgehead atoms. The number of aryl methyl sites for hydroxylation is 1. The molecule has 0 atom stereocenters. The minimum Gasteiger partial charge on any atom is -0.350 e. The molecule has 1 saturated heterocycles. The zero-order chi connectivity index (χ0) is 19.3. The van der Waals surface area contributed by atoms with Crippen LogP contribution in [0.5, 0.6) is 0 Å². The molecular formula is C21H26N6O. The van der Waals surface area contributed by atoms with E-state index in [0.29, 0.717) is 24.6 Å². The molecule has 2 aromatic heterocycles. The molecule has 0 saturated carbocycles. The van der Waals surface area contributed by atoms with Crippen molar-refractivity contribution in [1.82, 2.24) is 30.6 Å². The lowest BCUT2D eigenvalue weighted by Crippen LogP contribution is -2.28. The molecule has 1 aliphatic rings. The number of aromatic amines is 2. The van der Waals surface area contributed by atoms with Crippen LogP contribution < -0.4 is 10.6 Å². The van der Waals surface area contributed by atoms with E-state index in [1.54, 1.807) is 0 Å². The molecule has 1 fully saturated rings. The third kappa shape index (κ3) is 4.14. The van der Waals surface area contributed by atoms with Crippen molar-refractivity contribution in [2.24, 2.45) is 0 Å². The predicted octanol–water partition coefficient (Wildman–Crippen LogP) is 2.55. The zero-order valence-electron chi connectivity index (χ0n) is 16.1. The third-order valence-corrected chi connectivity index (χ3v) is 5.20. The molecule has 0 aliphatic carbocycles. The van der Waals surface area contributed by atoms with Crippen molar-refractivity contribution >= 4 is 5.91 Å². The Bertz CT molecular complexity index is 924. The molecule has 28 heavy (non-hydrogen) atoms. The molecule has 0 radical (unpaired) electrons. The number of imidazole rings is 2. The summed E-state index contributed by atoms with van der Waals surface area (Å²) in [5.74, 6) is 2.06. The maximum Gasteiger partial charge on any atom is 0.271 e. The van der Waals surface area contributed by atoms with Crippen molar-refractivity contribution in [3.63, 3.8) is 0 Å². The summed E-state index contributed by atoms with van der Waals surface area (Å²) in [6.07, 6.45) is 4.57. The number of carbonyl (C=O) groups is 1. The first kappa shape index (κ1) is 18.4. The number of hydrogen-bond acceptors (Lipinski definition) is 4. The summed E-state index contributed by atoms with van der Waals surface area (Å²) in [5, 5.41) is 6.31. The normalized spacial score (nSPS) is 14.9. The molecule has 1 amide bonds. The summed E-state index contributed by atoms with van der Waals surface area (Å²) in [7, 11) is 0. The lowest BCUT2D eigenvalue weighted by Gasteiger charge is -2.20. The number of benzene rings is 1. The number of hydrogen-bond donors (Lipinski definition) is 4. The summed E-state index contributed by atoms with van der Waals surface area (Å²) >= 11 is 0. The van der Waals surface area contributed by atoms with Gasteiger partial charge in [-0.15, -0.1) is 0 Å². The minimum absolute atomic E-state index is 0.135. The molecule has 0 unspecified atom stereocenters. The van der Waals surface area contributed by atoms with Crippen molar-refractivity contribution in [2.75, 3.05) is 19.6 Å². The highest BCUT2D eigenvalue weighted by Crippen LogP contribution is 2.23. The van der Waals surface area contributed by atoms with Crippen molar-refractivity contribution in [1.29, 1.82) is 0 Å². The van der Waals surface area contributed by atoms with Gasteiger partial charge < -0.3 is 20.6 Å². The number of rotatable bonds is 6. The fraction of sp³-hybridized carbons (Fsp3) is 0.381. The van der Waals surface area contributed by atoms with Crippen LogP contribution >= 0.6 is 0 Å². The number of amides is 1. The zero-order valence-corrected chi connectivity index (χ0v) is 16.1. The summed E-state index contributed by atoms with van der Waals surface area (Å²) in [4.78, 5) is 28.2. The minimum atomic E-state index is -0.135. The van der Waals surface area contributed by atoms with Crippen molar-refractivity contribution in [3.05, 3.63) is 59.6 Å². The Morgan fingerprint density at radius 2 is 1.96 bits per heavy atom. The Hall–Kier alpha value is -2.93. The molecule has 3 aromatic rings. The average molecular weight is 378 g/mol. The van der Waals surface area contributed by atoms with Crippen LogP contribution in [-0.4, -0.2) is 45.5 Å². The SMILES string of the molecule is Cc1[nH]c(C2CCNCC2)nc1C(=O)NCCc1ncc(-c2ccccc2)[nH]1. The van der Waals surface area contributed by atoms with Gasteiger partial charge in [-0.3, -0.25) is 4.79 Å². The maximum atomic E-state index is 12.5. The number of aromatic nitrogens is 4. The lowest BCUT2D eigenvalue weighted by molar-refractivity contribution is 0.0948. The average Bonchev–Trinajstić information content (AvgIpc) is 3.36. The second-order valence-electron chi connectivity index (χ2n) is 7.24. The number of nitrogens with one attached hydrogen (secondary N) is 4.